The molecule has 0 aromatic heterocycles. The molecule has 7 rings (SSSR count). The number of terminal acetylenes is 3. The first-order valence-electron chi connectivity index (χ1n) is 16.3. The second kappa shape index (κ2) is 17.0. The van der Waals surface area contributed by atoms with Crippen LogP contribution in [0.25, 0.3) is 33.0 Å². The largest absolute Gasteiger partial charge is 0.481 e. The van der Waals surface area contributed by atoms with Gasteiger partial charge in [0.15, 0.2) is 0 Å². The van der Waals surface area contributed by atoms with Crippen LogP contribution in [0.15, 0.2) is 103 Å². The molecule has 0 saturated heterocycles. The van der Waals surface area contributed by atoms with Crippen molar-refractivity contribution in [3.8, 4) is 65.0 Å². The number of fused-ring (bicyclic) bond motifs is 7. The standard InChI is InChI=1S/C26H18.C13H10O.3C2H6.CH4/c1-5-25(3)21-13-9-7-11-17(21)19-16-24-20(15-23(19)25)18-12-8-10-14-22(18)26(24,4)6-2;1-2-9-14-13-8-7-11-5-3-4-6-12(11)10-13;3*1-2;/h1-2,7-16H,3-4H3;1,3-8,10H,9H2;3*1-2H3;1H4. The topological polar surface area (TPSA) is 9.23 Å². The van der Waals surface area contributed by atoms with Gasteiger partial charge in [-0.05, 0) is 93.4 Å². The second-order valence-electron chi connectivity index (χ2n) is 10.6. The molecule has 0 aliphatic heterocycles. The van der Waals surface area contributed by atoms with E-state index in [0.717, 1.165) is 5.75 Å². The molecule has 2 unspecified atom stereocenters. The van der Waals surface area contributed by atoms with Crippen molar-refractivity contribution >= 4 is 10.8 Å². The van der Waals surface area contributed by atoms with E-state index in [1.165, 1.54) is 55.3 Å². The molecule has 0 fully saturated rings. The molecule has 0 radical (unpaired) electrons. The fourth-order valence-corrected chi connectivity index (χ4v) is 6.16. The summed E-state index contributed by atoms with van der Waals surface area (Å²) < 4.78 is 5.33. The molecular formula is C46H50O. The first-order valence-corrected chi connectivity index (χ1v) is 16.3. The lowest BCUT2D eigenvalue weighted by molar-refractivity contribution is 0.371. The Balaban J connectivity index is 0.000000312. The van der Waals surface area contributed by atoms with E-state index in [9.17, 15) is 0 Å². The maximum Gasteiger partial charge on any atom is 0.148 e. The second-order valence-corrected chi connectivity index (χ2v) is 10.6. The molecule has 47 heavy (non-hydrogen) atoms. The maximum absolute atomic E-state index is 6.03. The molecule has 1 heteroatoms. The van der Waals surface area contributed by atoms with E-state index in [-0.39, 0.29) is 7.43 Å². The van der Waals surface area contributed by atoms with Gasteiger partial charge in [-0.3, -0.25) is 0 Å². The van der Waals surface area contributed by atoms with Crippen LogP contribution in [0.2, 0.25) is 0 Å². The Morgan fingerprint density at radius 2 is 0.936 bits per heavy atom. The Hall–Kier alpha value is -5.16. The SMILES string of the molecule is C.C#CC1(C)c2ccccc2-c2cc3c(cc21)-c1ccccc1C3(C)C#C.C#CCOc1ccc2ccccc2c1.CC.CC.CC. The summed E-state index contributed by atoms with van der Waals surface area (Å²) in [5.74, 6) is 9.39. The van der Waals surface area contributed by atoms with Gasteiger partial charge in [-0.1, -0.05) is 146 Å². The van der Waals surface area contributed by atoms with Crippen LogP contribution in [0.5, 0.6) is 5.75 Å². The zero-order valence-corrected chi connectivity index (χ0v) is 28.7. The maximum atomic E-state index is 6.03. The van der Waals surface area contributed by atoms with Crippen LogP contribution in [0.1, 0.15) is 85.1 Å². The van der Waals surface area contributed by atoms with Crippen molar-refractivity contribution in [3.05, 3.63) is 125 Å². The van der Waals surface area contributed by atoms with Gasteiger partial charge in [0.05, 0.1) is 10.8 Å². The molecule has 0 spiro atoms. The van der Waals surface area contributed by atoms with E-state index in [1.54, 1.807) is 0 Å². The number of hydrogen-bond acceptors (Lipinski definition) is 1. The minimum atomic E-state index is -0.412. The molecule has 0 saturated carbocycles. The summed E-state index contributed by atoms with van der Waals surface area (Å²) in [6, 6.07) is 35.6. The van der Waals surface area contributed by atoms with Gasteiger partial charge in [-0.2, -0.15) is 0 Å². The first-order chi connectivity index (χ1) is 22.4. The predicted octanol–water partition coefficient (Wildman–Crippen LogP) is 12.1. The highest BCUT2D eigenvalue weighted by atomic mass is 16.5. The van der Waals surface area contributed by atoms with Gasteiger partial charge in [-0.25, -0.2) is 0 Å². The fraction of sp³-hybridized carbons (Fsp3) is 0.261. The highest BCUT2D eigenvalue weighted by Crippen LogP contribution is 2.55. The Morgan fingerprint density at radius 3 is 1.38 bits per heavy atom. The van der Waals surface area contributed by atoms with Crippen molar-refractivity contribution in [2.24, 2.45) is 0 Å². The van der Waals surface area contributed by atoms with Crippen molar-refractivity contribution < 1.29 is 4.74 Å². The fourth-order valence-electron chi connectivity index (χ4n) is 6.16. The van der Waals surface area contributed by atoms with Crippen molar-refractivity contribution in [3.63, 3.8) is 0 Å². The summed E-state index contributed by atoms with van der Waals surface area (Å²) in [6.45, 7) is 16.6. The van der Waals surface area contributed by atoms with Crippen LogP contribution in [-0.4, -0.2) is 6.61 Å². The number of hydrogen-bond donors (Lipinski definition) is 0. The smallest absolute Gasteiger partial charge is 0.148 e. The van der Waals surface area contributed by atoms with Crippen LogP contribution in [0.4, 0.5) is 0 Å². The van der Waals surface area contributed by atoms with E-state index in [1.807, 2.05) is 71.9 Å². The lowest BCUT2D eigenvalue weighted by atomic mass is 9.78. The van der Waals surface area contributed by atoms with E-state index < -0.39 is 10.8 Å². The molecule has 2 aliphatic rings. The minimum Gasteiger partial charge on any atom is -0.481 e. The molecule has 2 aliphatic carbocycles. The number of benzene rings is 5. The quantitative estimate of drug-likeness (QED) is 0.179. The third kappa shape index (κ3) is 6.85. The summed E-state index contributed by atoms with van der Waals surface area (Å²) in [4.78, 5) is 0. The normalized spacial score (nSPS) is 16.5. The van der Waals surface area contributed by atoms with Gasteiger partial charge < -0.3 is 4.74 Å². The average Bonchev–Trinajstić information content (AvgIpc) is 3.54. The van der Waals surface area contributed by atoms with E-state index in [4.69, 9.17) is 24.0 Å². The summed E-state index contributed by atoms with van der Waals surface area (Å²) in [5.41, 5.74) is 8.88. The van der Waals surface area contributed by atoms with Crippen LogP contribution < -0.4 is 4.74 Å². The zero-order chi connectivity index (χ0) is 33.9. The molecule has 5 aromatic rings. The summed E-state index contributed by atoms with van der Waals surface area (Å²) in [5, 5.41) is 2.38. The van der Waals surface area contributed by atoms with Crippen LogP contribution in [-0.2, 0) is 10.8 Å². The van der Waals surface area contributed by atoms with Crippen molar-refractivity contribution in [2.75, 3.05) is 6.61 Å². The van der Waals surface area contributed by atoms with E-state index in [2.05, 4.69) is 104 Å². The number of rotatable bonds is 2. The predicted molar refractivity (Wildman–Crippen MR) is 207 cm³/mol. The van der Waals surface area contributed by atoms with Gasteiger partial charge >= 0.3 is 0 Å². The van der Waals surface area contributed by atoms with Crippen LogP contribution in [0.3, 0.4) is 0 Å². The van der Waals surface area contributed by atoms with Gasteiger partial charge in [-0.15, -0.1) is 19.3 Å². The molecule has 2 atom stereocenters. The molecule has 0 bridgehead atoms. The third-order valence-corrected chi connectivity index (χ3v) is 8.37. The Morgan fingerprint density at radius 1 is 0.511 bits per heavy atom. The molecule has 5 aromatic carbocycles. The minimum absolute atomic E-state index is 0. The summed E-state index contributed by atoms with van der Waals surface area (Å²) >= 11 is 0. The van der Waals surface area contributed by atoms with Crippen LogP contribution in [0, 0.1) is 37.0 Å². The molecule has 0 heterocycles. The van der Waals surface area contributed by atoms with Crippen LogP contribution >= 0.6 is 0 Å². The van der Waals surface area contributed by atoms with Gasteiger partial charge in [0.25, 0.3) is 0 Å². The van der Waals surface area contributed by atoms with Crippen molar-refractivity contribution in [1.29, 1.82) is 0 Å². The molecular weight excluding hydrogens is 569 g/mol. The molecule has 1 nitrogen and oxygen atoms in total. The zero-order valence-electron chi connectivity index (χ0n) is 28.7. The lowest BCUT2D eigenvalue weighted by Crippen LogP contribution is -2.19. The van der Waals surface area contributed by atoms with Crippen molar-refractivity contribution in [1.82, 2.24) is 0 Å². The van der Waals surface area contributed by atoms with Gasteiger partial charge in [0, 0.05) is 0 Å². The monoisotopic (exact) mass is 618 g/mol. The summed E-state index contributed by atoms with van der Waals surface area (Å²) in [7, 11) is 0. The molecule has 0 N–H and O–H groups in total. The highest BCUT2D eigenvalue weighted by molar-refractivity contribution is 5.91. The average molecular weight is 619 g/mol. The van der Waals surface area contributed by atoms with E-state index in [0.29, 0.717) is 6.61 Å². The van der Waals surface area contributed by atoms with Crippen molar-refractivity contribution in [2.45, 2.75) is 73.6 Å². The highest BCUT2D eigenvalue weighted by Gasteiger charge is 2.43. The van der Waals surface area contributed by atoms with E-state index >= 15 is 0 Å². The first kappa shape index (κ1) is 38.0. The Bertz CT molecular complexity index is 1830. The Labute approximate surface area is 285 Å². The number of ether oxygens (including phenoxy) is 1. The third-order valence-electron chi connectivity index (χ3n) is 8.37. The van der Waals surface area contributed by atoms with Gasteiger partial charge in [0.1, 0.15) is 12.4 Å². The lowest BCUT2D eigenvalue weighted by Gasteiger charge is -2.23. The van der Waals surface area contributed by atoms with Gasteiger partial charge in [0.2, 0.25) is 0 Å². The molecule has 240 valence electrons. The Kier molecular flexibility index (Phi) is 13.7. The molecule has 0 amide bonds. The summed E-state index contributed by atoms with van der Waals surface area (Å²) in [6.07, 6.45) is 17.2.